The van der Waals surface area contributed by atoms with Gasteiger partial charge < -0.3 is 20.9 Å². The molecule has 2 unspecified atom stereocenters. The van der Waals surface area contributed by atoms with Gasteiger partial charge in [0.05, 0.1) is 5.92 Å². The Morgan fingerprint density at radius 1 is 0.875 bits per heavy atom. The highest BCUT2D eigenvalue weighted by molar-refractivity contribution is 6.00. The second-order valence-corrected chi connectivity index (χ2v) is 10.9. The van der Waals surface area contributed by atoms with E-state index in [1.165, 1.54) is 0 Å². The van der Waals surface area contributed by atoms with E-state index in [2.05, 4.69) is 5.32 Å². The van der Waals surface area contributed by atoms with E-state index in [4.69, 9.17) is 5.73 Å². The lowest BCUT2D eigenvalue weighted by Crippen LogP contribution is -2.54. The molecule has 7 nitrogen and oxygen atoms in total. The van der Waals surface area contributed by atoms with E-state index in [9.17, 15) is 14.4 Å². The van der Waals surface area contributed by atoms with Crippen LogP contribution >= 0.6 is 0 Å². The summed E-state index contributed by atoms with van der Waals surface area (Å²) in [6.07, 6.45) is 3.15. The second-order valence-electron chi connectivity index (χ2n) is 10.9. The highest BCUT2D eigenvalue weighted by Gasteiger charge is 2.46. The fourth-order valence-electron chi connectivity index (χ4n) is 6.11. The van der Waals surface area contributed by atoms with Crippen LogP contribution in [0.15, 0.2) is 78.9 Å². The molecule has 1 saturated heterocycles. The number of nitrogens with two attached hydrogens (primary N) is 1. The topological polar surface area (TPSA) is 95.7 Å². The molecular formula is C33H38N4O3. The van der Waals surface area contributed by atoms with Crippen molar-refractivity contribution in [1.82, 2.24) is 15.1 Å². The van der Waals surface area contributed by atoms with Gasteiger partial charge in [-0.1, -0.05) is 85.1 Å². The molecule has 3 aromatic carbocycles. The normalized spacial score (nSPS) is 18.1. The smallest absolute Gasteiger partial charge is 0.264 e. The van der Waals surface area contributed by atoms with Crippen molar-refractivity contribution >= 4 is 17.7 Å². The number of rotatable bonds is 8. The van der Waals surface area contributed by atoms with Crippen molar-refractivity contribution in [3.63, 3.8) is 0 Å². The Bertz CT molecular complexity index is 1340. The molecule has 2 atom stereocenters. The molecular weight excluding hydrogens is 500 g/mol. The van der Waals surface area contributed by atoms with E-state index < -0.39 is 6.17 Å². The van der Waals surface area contributed by atoms with Gasteiger partial charge >= 0.3 is 0 Å². The third-order valence-corrected chi connectivity index (χ3v) is 8.24. The summed E-state index contributed by atoms with van der Waals surface area (Å²) in [5.74, 6) is -0.808. The van der Waals surface area contributed by atoms with E-state index in [0.29, 0.717) is 25.2 Å². The zero-order valence-corrected chi connectivity index (χ0v) is 23.1. The van der Waals surface area contributed by atoms with Crippen LogP contribution in [-0.4, -0.2) is 46.8 Å². The summed E-state index contributed by atoms with van der Waals surface area (Å²) in [5.41, 5.74) is 10.2. The lowest BCUT2D eigenvalue weighted by atomic mass is 9.83. The number of nitrogens with one attached hydrogen (secondary N) is 1. The number of carbonyl (C=O) groups is 3. The van der Waals surface area contributed by atoms with E-state index in [1.54, 1.807) is 21.9 Å². The maximum Gasteiger partial charge on any atom is 0.264 e. The van der Waals surface area contributed by atoms with Crippen LogP contribution < -0.4 is 11.1 Å². The van der Waals surface area contributed by atoms with Gasteiger partial charge in [-0.05, 0) is 54.5 Å². The number of hydrogen-bond acceptors (Lipinski definition) is 4. The number of aryl methyl sites for hydroxylation is 1. The van der Waals surface area contributed by atoms with E-state index in [0.717, 1.165) is 47.9 Å². The highest BCUT2D eigenvalue weighted by Crippen LogP contribution is 2.39. The van der Waals surface area contributed by atoms with Crippen molar-refractivity contribution < 1.29 is 14.4 Å². The molecule has 2 fully saturated rings. The van der Waals surface area contributed by atoms with Crippen molar-refractivity contribution in [1.29, 1.82) is 0 Å². The summed E-state index contributed by atoms with van der Waals surface area (Å²) < 4.78 is 0. The Morgan fingerprint density at radius 2 is 1.55 bits per heavy atom. The van der Waals surface area contributed by atoms with Gasteiger partial charge in [0, 0.05) is 31.7 Å². The van der Waals surface area contributed by atoms with Crippen LogP contribution in [0.3, 0.4) is 0 Å². The van der Waals surface area contributed by atoms with Crippen molar-refractivity contribution in [2.45, 2.75) is 57.8 Å². The standard InChI is InChI=1S/C33H38N4O3/c1-23-14-16-28(17-15-23)32(39)36-18-19-37(31(36)30(38)35-22-25-9-7-8-24(20-25)21-34)33(40)29(27-12-5-6-13-27)26-10-3-2-4-11-26/h2-4,7-11,14-17,20,27,29,31H,5-6,12-13,18-19,21-22,34H2,1H3,(H,35,38). The minimum absolute atomic E-state index is 0.0809. The van der Waals surface area contributed by atoms with Crippen molar-refractivity contribution in [3.05, 3.63) is 107 Å². The molecule has 1 saturated carbocycles. The predicted octanol–water partition coefficient (Wildman–Crippen LogP) is 4.35. The third kappa shape index (κ3) is 5.94. The number of nitrogens with zero attached hydrogens (tertiary/aromatic N) is 2. The first-order valence-electron chi connectivity index (χ1n) is 14.2. The number of benzene rings is 3. The van der Waals surface area contributed by atoms with Crippen molar-refractivity contribution in [2.24, 2.45) is 11.7 Å². The lowest BCUT2D eigenvalue weighted by molar-refractivity contribution is -0.143. The van der Waals surface area contributed by atoms with Crippen LogP contribution in [0.4, 0.5) is 0 Å². The molecule has 0 radical (unpaired) electrons. The van der Waals surface area contributed by atoms with Gasteiger partial charge in [-0.25, -0.2) is 0 Å². The highest BCUT2D eigenvalue weighted by atomic mass is 16.2. The Kier molecular flexibility index (Phi) is 8.60. The fraction of sp³-hybridized carbons (Fsp3) is 0.364. The summed E-state index contributed by atoms with van der Waals surface area (Å²) in [6.45, 7) is 3.27. The molecule has 0 spiro atoms. The SMILES string of the molecule is Cc1ccc(C(=O)N2CCN(C(=O)C(c3ccccc3)C3CCCC3)C2C(=O)NCc2cccc(CN)c2)cc1. The molecule has 3 aromatic rings. The zero-order valence-electron chi connectivity index (χ0n) is 23.1. The largest absolute Gasteiger partial charge is 0.349 e. The fourth-order valence-corrected chi connectivity index (χ4v) is 6.11. The van der Waals surface area contributed by atoms with Crippen molar-refractivity contribution in [3.8, 4) is 0 Å². The van der Waals surface area contributed by atoms with Gasteiger partial charge in [0.15, 0.2) is 6.17 Å². The molecule has 2 aliphatic rings. The van der Waals surface area contributed by atoms with E-state index in [1.807, 2.05) is 73.7 Å². The first-order chi connectivity index (χ1) is 19.5. The number of hydrogen-bond donors (Lipinski definition) is 2. The molecule has 40 heavy (non-hydrogen) atoms. The van der Waals surface area contributed by atoms with Crippen molar-refractivity contribution in [2.75, 3.05) is 13.1 Å². The molecule has 1 heterocycles. The molecule has 3 N–H and O–H groups in total. The van der Waals surface area contributed by atoms with Crippen LogP contribution in [0, 0.1) is 12.8 Å². The summed E-state index contributed by atoms with van der Waals surface area (Å²) >= 11 is 0. The monoisotopic (exact) mass is 538 g/mol. The van der Waals surface area contributed by atoms with Gasteiger partial charge in [-0.15, -0.1) is 0 Å². The Balaban J connectivity index is 1.44. The molecule has 1 aliphatic carbocycles. The maximum absolute atomic E-state index is 14.3. The van der Waals surface area contributed by atoms with Crippen LogP contribution in [-0.2, 0) is 22.7 Å². The predicted molar refractivity (Wildman–Crippen MR) is 155 cm³/mol. The molecule has 0 aromatic heterocycles. The summed E-state index contributed by atoms with van der Waals surface area (Å²) in [6, 6.07) is 25.0. The Labute approximate surface area is 236 Å². The maximum atomic E-state index is 14.3. The molecule has 1 aliphatic heterocycles. The minimum Gasteiger partial charge on any atom is -0.349 e. The molecule has 0 bridgehead atoms. The van der Waals surface area contributed by atoms with E-state index >= 15 is 0 Å². The molecule has 7 heteroatoms. The van der Waals surface area contributed by atoms with Crippen LogP contribution in [0.1, 0.15) is 64.2 Å². The van der Waals surface area contributed by atoms with Crippen LogP contribution in [0.25, 0.3) is 0 Å². The van der Waals surface area contributed by atoms with Crippen LogP contribution in [0.5, 0.6) is 0 Å². The first-order valence-corrected chi connectivity index (χ1v) is 14.2. The van der Waals surface area contributed by atoms with E-state index in [-0.39, 0.29) is 36.1 Å². The third-order valence-electron chi connectivity index (χ3n) is 8.24. The Hall–Kier alpha value is -3.97. The van der Waals surface area contributed by atoms with Gasteiger partial charge in [0.25, 0.3) is 11.8 Å². The minimum atomic E-state index is -1.02. The number of carbonyl (C=O) groups excluding carboxylic acids is 3. The van der Waals surface area contributed by atoms with Gasteiger partial charge in [0.1, 0.15) is 0 Å². The number of amides is 3. The average molecular weight is 539 g/mol. The summed E-state index contributed by atoms with van der Waals surface area (Å²) in [4.78, 5) is 45.1. The van der Waals surface area contributed by atoms with Gasteiger partial charge in [0.2, 0.25) is 5.91 Å². The molecule has 208 valence electrons. The quantitative estimate of drug-likeness (QED) is 0.446. The summed E-state index contributed by atoms with van der Waals surface area (Å²) in [5, 5.41) is 3.00. The Morgan fingerprint density at radius 3 is 2.25 bits per heavy atom. The summed E-state index contributed by atoms with van der Waals surface area (Å²) in [7, 11) is 0. The second kappa shape index (κ2) is 12.5. The van der Waals surface area contributed by atoms with Gasteiger partial charge in [-0.2, -0.15) is 0 Å². The molecule has 3 amide bonds. The molecule has 5 rings (SSSR count). The van der Waals surface area contributed by atoms with Gasteiger partial charge in [-0.3, -0.25) is 14.4 Å². The first kappa shape index (κ1) is 27.6. The zero-order chi connectivity index (χ0) is 28.1. The average Bonchev–Trinajstić information content (AvgIpc) is 3.68. The lowest BCUT2D eigenvalue weighted by Gasteiger charge is -2.33. The van der Waals surface area contributed by atoms with Crippen LogP contribution in [0.2, 0.25) is 0 Å².